The summed E-state index contributed by atoms with van der Waals surface area (Å²) >= 11 is 0. The minimum Gasteiger partial charge on any atom is -0.319 e. The van der Waals surface area contributed by atoms with Crippen molar-refractivity contribution in [3.05, 3.63) is 0 Å². The normalized spacial score (nSPS) is 17.8. The van der Waals surface area contributed by atoms with Crippen molar-refractivity contribution in [2.75, 3.05) is 20.3 Å². The van der Waals surface area contributed by atoms with E-state index < -0.39 is 0 Å². The van der Waals surface area contributed by atoms with E-state index in [9.17, 15) is 4.39 Å². The highest BCUT2D eigenvalue weighted by Crippen LogP contribution is 2.30. The van der Waals surface area contributed by atoms with E-state index in [1.807, 2.05) is 7.05 Å². The molecule has 2 unspecified atom stereocenters. The smallest absolute Gasteiger partial charge is 0.0962 e. The zero-order valence-electron chi connectivity index (χ0n) is 10.2. The number of nitrogens with one attached hydrogen (secondary N) is 1. The van der Waals surface area contributed by atoms with E-state index in [1.165, 1.54) is 6.42 Å². The summed E-state index contributed by atoms with van der Waals surface area (Å²) in [4.78, 5) is 0. The first-order valence-corrected chi connectivity index (χ1v) is 5.84. The van der Waals surface area contributed by atoms with Gasteiger partial charge in [-0.25, -0.2) is 0 Å². The van der Waals surface area contributed by atoms with Gasteiger partial charge < -0.3 is 5.32 Å². The van der Waals surface area contributed by atoms with Crippen molar-refractivity contribution in [2.24, 2.45) is 11.3 Å². The average molecular weight is 203 g/mol. The fourth-order valence-corrected chi connectivity index (χ4v) is 1.73. The van der Waals surface area contributed by atoms with Gasteiger partial charge in [-0.05, 0) is 25.8 Å². The van der Waals surface area contributed by atoms with E-state index in [0.717, 1.165) is 31.7 Å². The van der Waals surface area contributed by atoms with E-state index in [-0.39, 0.29) is 12.1 Å². The molecule has 0 aromatic carbocycles. The van der Waals surface area contributed by atoms with Crippen LogP contribution < -0.4 is 5.32 Å². The highest BCUT2D eigenvalue weighted by Gasteiger charge is 2.27. The Labute approximate surface area is 88.5 Å². The first-order chi connectivity index (χ1) is 6.64. The number of alkyl halides is 1. The van der Waals surface area contributed by atoms with Crippen molar-refractivity contribution in [1.29, 1.82) is 0 Å². The standard InChI is InChI=1S/C12H26FN/c1-5-11(3)7-8-12(6-2,9-13)10-14-4/h11,14H,5-10H2,1-4H3. The van der Waals surface area contributed by atoms with Gasteiger partial charge >= 0.3 is 0 Å². The number of rotatable bonds is 8. The Morgan fingerprint density at radius 1 is 1.36 bits per heavy atom. The lowest BCUT2D eigenvalue weighted by atomic mass is 9.79. The molecular formula is C12H26FN. The Morgan fingerprint density at radius 3 is 2.36 bits per heavy atom. The molecule has 0 fully saturated rings. The van der Waals surface area contributed by atoms with Crippen LogP contribution in [0.4, 0.5) is 4.39 Å². The molecule has 2 heteroatoms. The molecule has 0 rings (SSSR count). The minimum atomic E-state index is -0.194. The van der Waals surface area contributed by atoms with Crippen molar-refractivity contribution in [3.63, 3.8) is 0 Å². The zero-order valence-corrected chi connectivity index (χ0v) is 10.2. The molecule has 1 N–H and O–H groups in total. The first-order valence-electron chi connectivity index (χ1n) is 5.84. The fourth-order valence-electron chi connectivity index (χ4n) is 1.73. The predicted molar refractivity (Wildman–Crippen MR) is 61.3 cm³/mol. The molecule has 0 spiro atoms. The van der Waals surface area contributed by atoms with Crippen LogP contribution in [0.1, 0.15) is 46.5 Å². The molecule has 0 aromatic heterocycles. The quantitative estimate of drug-likeness (QED) is 0.637. The third kappa shape index (κ3) is 4.41. The molecule has 86 valence electrons. The lowest BCUT2D eigenvalue weighted by Crippen LogP contribution is -2.34. The summed E-state index contributed by atoms with van der Waals surface area (Å²) in [5.74, 6) is 0.726. The van der Waals surface area contributed by atoms with Gasteiger partial charge in [0, 0.05) is 12.0 Å². The molecular weight excluding hydrogens is 177 g/mol. The summed E-state index contributed by atoms with van der Waals surface area (Å²) in [6.07, 6.45) is 4.29. The van der Waals surface area contributed by atoms with E-state index >= 15 is 0 Å². The predicted octanol–water partition coefficient (Wildman–Crippen LogP) is 3.40. The zero-order chi connectivity index (χ0) is 11.0. The van der Waals surface area contributed by atoms with Crippen molar-refractivity contribution >= 4 is 0 Å². The maximum Gasteiger partial charge on any atom is 0.0962 e. The molecule has 2 atom stereocenters. The van der Waals surface area contributed by atoms with E-state index in [2.05, 4.69) is 26.1 Å². The summed E-state index contributed by atoms with van der Waals surface area (Å²) in [6.45, 7) is 7.15. The van der Waals surface area contributed by atoms with E-state index in [0.29, 0.717) is 0 Å². The van der Waals surface area contributed by atoms with Gasteiger partial charge in [-0.15, -0.1) is 0 Å². The van der Waals surface area contributed by atoms with Crippen LogP contribution >= 0.6 is 0 Å². The Hall–Kier alpha value is -0.110. The van der Waals surface area contributed by atoms with Gasteiger partial charge in [0.2, 0.25) is 0 Å². The van der Waals surface area contributed by atoms with Crippen LogP contribution in [0.5, 0.6) is 0 Å². The molecule has 0 heterocycles. The third-order valence-corrected chi connectivity index (χ3v) is 3.45. The number of hydrogen-bond donors (Lipinski definition) is 1. The fraction of sp³-hybridized carbons (Fsp3) is 1.00. The molecule has 1 nitrogen and oxygen atoms in total. The van der Waals surface area contributed by atoms with Gasteiger partial charge in [0.05, 0.1) is 6.67 Å². The lowest BCUT2D eigenvalue weighted by molar-refractivity contribution is 0.165. The maximum atomic E-state index is 13.0. The van der Waals surface area contributed by atoms with Gasteiger partial charge in [0.25, 0.3) is 0 Å². The lowest BCUT2D eigenvalue weighted by Gasteiger charge is -2.30. The van der Waals surface area contributed by atoms with Crippen LogP contribution in [0, 0.1) is 11.3 Å². The summed E-state index contributed by atoms with van der Waals surface area (Å²) in [5, 5.41) is 3.11. The molecule has 14 heavy (non-hydrogen) atoms. The molecule has 0 amide bonds. The van der Waals surface area contributed by atoms with Gasteiger partial charge in [0.1, 0.15) is 0 Å². The molecule has 0 radical (unpaired) electrons. The minimum absolute atomic E-state index is 0.113. The summed E-state index contributed by atoms with van der Waals surface area (Å²) in [5.41, 5.74) is -0.113. The molecule has 0 aliphatic carbocycles. The van der Waals surface area contributed by atoms with Crippen LogP contribution in [-0.2, 0) is 0 Å². The molecule has 0 aliphatic rings. The Balaban J connectivity index is 4.06. The molecule has 0 aromatic rings. The number of halogens is 1. The van der Waals surface area contributed by atoms with Crippen molar-refractivity contribution in [2.45, 2.75) is 46.5 Å². The van der Waals surface area contributed by atoms with Crippen molar-refractivity contribution < 1.29 is 4.39 Å². The first kappa shape index (κ1) is 13.9. The van der Waals surface area contributed by atoms with Crippen LogP contribution in [0.25, 0.3) is 0 Å². The summed E-state index contributed by atoms with van der Waals surface area (Å²) in [6, 6.07) is 0. The Bertz CT molecular complexity index is 132. The molecule has 0 bridgehead atoms. The highest BCUT2D eigenvalue weighted by molar-refractivity contribution is 4.79. The second-order valence-corrected chi connectivity index (χ2v) is 4.57. The van der Waals surface area contributed by atoms with Crippen molar-refractivity contribution in [3.8, 4) is 0 Å². The van der Waals surface area contributed by atoms with Crippen LogP contribution in [-0.4, -0.2) is 20.3 Å². The Morgan fingerprint density at radius 2 is 2.00 bits per heavy atom. The Kier molecular flexibility index (Phi) is 7.16. The molecule has 0 saturated carbocycles. The van der Waals surface area contributed by atoms with Crippen molar-refractivity contribution in [1.82, 2.24) is 5.32 Å². The van der Waals surface area contributed by atoms with Crippen LogP contribution in [0.3, 0.4) is 0 Å². The third-order valence-electron chi connectivity index (χ3n) is 3.45. The summed E-state index contributed by atoms with van der Waals surface area (Å²) in [7, 11) is 1.91. The topological polar surface area (TPSA) is 12.0 Å². The molecule has 0 saturated heterocycles. The van der Waals surface area contributed by atoms with Crippen LogP contribution in [0.2, 0.25) is 0 Å². The second-order valence-electron chi connectivity index (χ2n) is 4.57. The highest BCUT2D eigenvalue weighted by atomic mass is 19.1. The maximum absolute atomic E-state index is 13.0. The van der Waals surface area contributed by atoms with Gasteiger partial charge in [0.15, 0.2) is 0 Å². The van der Waals surface area contributed by atoms with Crippen LogP contribution in [0.15, 0.2) is 0 Å². The number of hydrogen-bond acceptors (Lipinski definition) is 1. The summed E-state index contributed by atoms with van der Waals surface area (Å²) < 4.78 is 13.0. The van der Waals surface area contributed by atoms with E-state index in [4.69, 9.17) is 0 Å². The molecule has 0 aliphatic heterocycles. The monoisotopic (exact) mass is 203 g/mol. The SMILES string of the molecule is CCC(C)CCC(CC)(CF)CNC. The van der Waals surface area contributed by atoms with Gasteiger partial charge in [-0.1, -0.05) is 33.6 Å². The van der Waals surface area contributed by atoms with E-state index in [1.54, 1.807) is 0 Å². The second kappa shape index (κ2) is 7.22. The van der Waals surface area contributed by atoms with Gasteiger partial charge in [-0.3, -0.25) is 4.39 Å². The van der Waals surface area contributed by atoms with Gasteiger partial charge in [-0.2, -0.15) is 0 Å². The average Bonchev–Trinajstić information content (AvgIpc) is 2.24. The largest absolute Gasteiger partial charge is 0.319 e.